The molecule has 1 N–H and O–H groups in total. The van der Waals surface area contributed by atoms with Crippen molar-refractivity contribution in [1.82, 2.24) is 10.2 Å². The number of thioether (sulfide) groups is 1. The second-order valence-electron chi connectivity index (χ2n) is 8.45. The molecule has 0 saturated carbocycles. The monoisotopic (exact) mass is 596 g/mol. The second-order valence-corrected chi connectivity index (χ2v) is 11.1. The summed E-state index contributed by atoms with van der Waals surface area (Å²) < 4.78 is 0. The van der Waals surface area contributed by atoms with E-state index in [1.165, 1.54) is 11.8 Å². The maximum atomic E-state index is 13.7. The number of nitrogens with zero attached hydrogens (tertiary/aromatic N) is 1. The minimum Gasteiger partial charge on any atom is -0.354 e. The zero-order valence-corrected chi connectivity index (χ0v) is 24.2. The fourth-order valence-corrected chi connectivity index (χ4v) is 5.86. The van der Waals surface area contributed by atoms with Crippen molar-refractivity contribution >= 4 is 70.0 Å². The van der Waals surface area contributed by atoms with E-state index in [-0.39, 0.29) is 24.1 Å². The maximum absolute atomic E-state index is 13.7. The van der Waals surface area contributed by atoms with Gasteiger partial charge >= 0.3 is 0 Å². The highest BCUT2D eigenvalue weighted by molar-refractivity contribution is 7.99. The zero-order chi connectivity index (χ0) is 26.8. The molecule has 3 rings (SSSR count). The SMILES string of the molecule is CCCNC(=O)C(Cc1ccccc1)N(Cc1ccc(Cl)cc1Cl)C(=O)CSCc1c(Cl)cccc1Cl. The highest BCUT2D eigenvalue weighted by Gasteiger charge is 2.30. The molecular formula is C28H28Cl4N2O2S. The van der Waals surface area contributed by atoms with Gasteiger partial charge in [0.2, 0.25) is 11.8 Å². The molecule has 0 aliphatic rings. The summed E-state index contributed by atoms with van der Waals surface area (Å²) in [6, 6.07) is 19.4. The highest BCUT2D eigenvalue weighted by Crippen LogP contribution is 2.29. The lowest BCUT2D eigenvalue weighted by Gasteiger charge is -2.32. The van der Waals surface area contributed by atoms with Crippen molar-refractivity contribution in [3.8, 4) is 0 Å². The Labute approximate surface area is 242 Å². The summed E-state index contributed by atoms with van der Waals surface area (Å²) >= 11 is 26.6. The number of rotatable bonds is 12. The van der Waals surface area contributed by atoms with Gasteiger partial charge in [0.05, 0.1) is 5.75 Å². The molecule has 1 atom stereocenters. The second kappa shape index (κ2) is 14.9. The molecule has 2 amide bonds. The van der Waals surface area contributed by atoms with E-state index in [9.17, 15) is 9.59 Å². The number of carbonyl (C=O) groups is 2. The van der Waals surface area contributed by atoms with Crippen molar-refractivity contribution in [2.45, 2.75) is 38.1 Å². The first-order valence-corrected chi connectivity index (χ1v) is 14.5. The van der Waals surface area contributed by atoms with Crippen molar-refractivity contribution < 1.29 is 9.59 Å². The van der Waals surface area contributed by atoms with Crippen LogP contribution in [0.15, 0.2) is 66.7 Å². The van der Waals surface area contributed by atoms with Crippen LogP contribution in [-0.4, -0.2) is 35.1 Å². The average Bonchev–Trinajstić information content (AvgIpc) is 2.88. The molecule has 0 aliphatic heterocycles. The summed E-state index contributed by atoms with van der Waals surface area (Å²) in [4.78, 5) is 28.7. The predicted molar refractivity (Wildman–Crippen MR) is 157 cm³/mol. The molecule has 0 fully saturated rings. The largest absolute Gasteiger partial charge is 0.354 e. The Kier molecular flexibility index (Phi) is 11.9. The Bertz CT molecular complexity index is 1190. The molecular weight excluding hydrogens is 570 g/mol. The molecule has 37 heavy (non-hydrogen) atoms. The quantitative estimate of drug-likeness (QED) is 0.233. The van der Waals surface area contributed by atoms with Crippen LogP contribution in [-0.2, 0) is 28.3 Å². The van der Waals surface area contributed by atoms with Crippen LogP contribution in [0.3, 0.4) is 0 Å². The van der Waals surface area contributed by atoms with Crippen LogP contribution in [0.1, 0.15) is 30.0 Å². The molecule has 0 aliphatic carbocycles. The first-order chi connectivity index (χ1) is 17.8. The normalized spacial score (nSPS) is 11.7. The standard InChI is InChI=1S/C28H28Cl4N2O2S/c1-2-13-33-28(36)26(14-19-7-4-3-5-8-19)34(16-20-11-12-21(29)15-25(20)32)27(35)18-37-17-22-23(30)9-6-10-24(22)31/h3-12,15,26H,2,13-14,16-18H2,1H3,(H,33,36). The van der Waals surface area contributed by atoms with Crippen LogP contribution in [0, 0.1) is 0 Å². The fraction of sp³-hybridized carbons (Fsp3) is 0.286. The van der Waals surface area contributed by atoms with Crippen LogP contribution < -0.4 is 5.32 Å². The Morgan fingerprint density at radius 1 is 0.919 bits per heavy atom. The molecule has 196 valence electrons. The van der Waals surface area contributed by atoms with Gasteiger partial charge in [-0.15, -0.1) is 11.8 Å². The van der Waals surface area contributed by atoms with E-state index < -0.39 is 6.04 Å². The zero-order valence-electron chi connectivity index (χ0n) is 20.4. The van der Waals surface area contributed by atoms with Crippen LogP contribution in [0.2, 0.25) is 20.1 Å². The van der Waals surface area contributed by atoms with E-state index in [1.54, 1.807) is 41.3 Å². The van der Waals surface area contributed by atoms with E-state index >= 15 is 0 Å². The summed E-state index contributed by atoms with van der Waals surface area (Å²) in [6.07, 6.45) is 1.16. The molecule has 9 heteroatoms. The number of benzene rings is 3. The van der Waals surface area contributed by atoms with Crippen molar-refractivity contribution in [3.05, 3.63) is 104 Å². The third-order valence-corrected chi connectivity index (χ3v) is 7.95. The number of nitrogens with one attached hydrogen (secondary N) is 1. The molecule has 0 saturated heterocycles. The van der Waals surface area contributed by atoms with E-state index in [1.807, 2.05) is 37.3 Å². The van der Waals surface area contributed by atoms with Crippen LogP contribution in [0.25, 0.3) is 0 Å². The molecule has 3 aromatic carbocycles. The van der Waals surface area contributed by atoms with Crippen molar-refractivity contribution in [2.75, 3.05) is 12.3 Å². The van der Waals surface area contributed by atoms with Gasteiger partial charge in [-0.25, -0.2) is 0 Å². The molecule has 0 spiro atoms. The lowest BCUT2D eigenvalue weighted by Crippen LogP contribution is -2.51. The van der Waals surface area contributed by atoms with Gasteiger partial charge in [-0.2, -0.15) is 0 Å². The Morgan fingerprint density at radius 2 is 1.62 bits per heavy atom. The van der Waals surface area contributed by atoms with Crippen LogP contribution in [0.4, 0.5) is 0 Å². The third kappa shape index (κ3) is 8.83. The summed E-state index contributed by atoms with van der Waals surface area (Å²) in [7, 11) is 0. The Morgan fingerprint density at radius 3 is 2.27 bits per heavy atom. The Hall–Kier alpha value is -1.89. The predicted octanol–water partition coefficient (Wildman–Crippen LogP) is 7.70. The lowest BCUT2D eigenvalue weighted by molar-refractivity contribution is -0.139. The van der Waals surface area contributed by atoms with Gasteiger partial charge in [0, 0.05) is 45.4 Å². The molecule has 1 unspecified atom stereocenters. The van der Waals surface area contributed by atoms with Gasteiger partial charge in [-0.1, -0.05) is 95.8 Å². The molecule has 4 nitrogen and oxygen atoms in total. The van der Waals surface area contributed by atoms with Gasteiger partial charge in [0.15, 0.2) is 0 Å². The molecule has 0 aromatic heterocycles. The average molecular weight is 598 g/mol. The number of halogens is 4. The van der Waals surface area contributed by atoms with Gasteiger partial charge in [0.1, 0.15) is 6.04 Å². The summed E-state index contributed by atoms with van der Waals surface area (Å²) in [6.45, 7) is 2.67. The smallest absolute Gasteiger partial charge is 0.243 e. The van der Waals surface area contributed by atoms with Gasteiger partial charge in [0.25, 0.3) is 0 Å². The maximum Gasteiger partial charge on any atom is 0.243 e. The van der Waals surface area contributed by atoms with Crippen LogP contribution >= 0.6 is 58.2 Å². The summed E-state index contributed by atoms with van der Waals surface area (Å²) in [5.74, 6) is 0.208. The molecule has 0 bridgehead atoms. The summed E-state index contributed by atoms with van der Waals surface area (Å²) in [5, 5.41) is 5.01. The fourth-order valence-electron chi connectivity index (χ4n) is 3.75. The minimum absolute atomic E-state index is 0.138. The first-order valence-electron chi connectivity index (χ1n) is 11.9. The molecule has 3 aromatic rings. The molecule has 0 radical (unpaired) electrons. The topological polar surface area (TPSA) is 49.4 Å². The van der Waals surface area contributed by atoms with E-state index in [0.29, 0.717) is 44.4 Å². The van der Waals surface area contributed by atoms with E-state index in [2.05, 4.69) is 5.32 Å². The third-order valence-electron chi connectivity index (χ3n) is 5.71. The number of amides is 2. The minimum atomic E-state index is -0.724. The molecule has 0 heterocycles. The number of hydrogen-bond donors (Lipinski definition) is 1. The highest BCUT2D eigenvalue weighted by atomic mass is 35.5. The van der Waals surface area contributed by atoms with E-state index in [4.69, 9.17) is 46.4 Å². The van der Waals surface area contributed by atoms with Gasteiger partial charge < -0.3 is 10.2 Å². The first kappa shape index (κ1) is 29.7. The van der Waals surface area contributed by atoms with E-state index in [0.717, 1.165) is 17.5 Å². The lowest BCUT2D eigenvalue weighted by atomic mass is 10.0. The summed E-state index contributed by atoms with van der Waals surface area (Å²) in [5.41, 5.74) is 2.44. The Balaban J connectivity index is 1.88. The van der Waals surface area contributed by atoms with Crippen molar-refractivity contribution in [3.63, 3.8) is 0 Å². The van der Waals surface area contributed by atoms with Gasteiger partial charge in [-0.3, -0.25) is 9.59 Å². The number of carbonyl (C=O) groups excluding carboxylic acids is 2. The van der Waals surface area contributed by atoms with Crippen LogP contribution in [0.5, 0.6) is 0 Å². The van der Waals surface area contributed by atoms with Gasteiger partial charge in [-0.05, 0) is 47.4 Å². The number of hydrogen-bond acceptors (Lipinski definition) is 3. The van der Waals surface area contributed by atoms with Crippen molar-refractivity contribution in [2.24, 2.45) is 0 Å². The van der Waals surface area contributed by atoms with Crippen molar-refractivity contribution in [1.29, 1.82) is 0 Å².